The molecule has 4 heteroatoms. The Kier molecular flexibility index (Phi) is 4.79. The van der Waals surface area contributed by atoms with Crippen LogP contribution in [0.5, 0.6) is 17.2 Å². The average Bonchev–Trinajstić information content (AvgIpc) is 2.60. The average molecular weight is 338 g/mol. The van der Waals surface area contributed by atoms with E-state index in [-0.39, 0.29) is 29.6 Å². The van der Waals surface area contributed by atoms with Gasteiger partial charge in [-0.05, 0) is 25.8 Å². The van der Waals surface area contributed by atoms with Gasteiger partial charge in [-0.2, -0.15) is 0 Å². The number of aromatic hydroxyl groups is 1. The molecule has 0 unspecified atom stereocenters. The fraction of sp³-hybridized carbons (Fsp3) is 0.286. The molecule has 130 valence electrons. The number of rotatable bonds is 4. The minimum atomic E-state index is -0.353. The Bertz CT molecular complexity index is 818. The van der Waals surface area contributed by atoms with Gasteiger partial charge in [-0.15, -0.1) is 0 Å². The van der Waals surface area contributed by atoms with Crippen molar-refractivity contribution in [3.63, 3.8) is 0 Å². The molecule has 3 rings (SSSR count). The predicted octanol–water partition coefficient (Wildman–Crippen LogP) is 4.62. The number of hydrogen-bond acceptors (Lipinski definition) is 4. The second-order valence-electron chi connectivity index (χ2n) is 6.41. The first kappa shape index (κ1) is 17.1. The second kappa shape index (κ2) is 7.01. The first-order chi connectivity index (χ1) is 12.0. The zero-order chi connectivity index (χ0) is 18.0. The Hall–Kier alpha value is -2.75. The fourth-order valence-electron chi connectivity index (χ4n) is 3.03. The van der Waals surface area contributed by atoms with E-state index >= 15 is 0 Å². The highest BCUT2D eigenvalue weighted by molar-refractivity contribution is 6.03. The van der Waals surface area contributed by atoms with E-state index in [2.05, 4.69) is 0 Å². The first-order valence-corrected chi connectivity index (χ1v) is 8.32. The Labute approximate surface area is 147 Å². The highest BCUT2D eigenvalue weighted by Crippen LogP contribution is 2.45. The number of hydrogen-bond donors (Lipinski definition) is 1. The van der Waals surface area contributed by atoms with Crippen molar-refractivity contribution in [1.82, 2.24) is 0 Å². The molecular weight excluding hydrogens is 316 g/mol. The summed E-state index contributed by atoms with van der Waals surface area (Å²) in [6.07, 6.45) is 2.35. The third-order valence-corrected chi connectivity index (χ3v) is 4.35. The number of phenolic OH excluding ortho intramolecular Hbond substituents is 1. The van der Waals surface area contributed by atoms with E-state index < -0.39 is 0 Å². The van der Waals surface area contributed by atoms with Crippen molar-refractivity contribution >= 4 is 5.78 Å². The Balaban J connectivity index is 2.03. The Morgan fingerprint density at radius 1 is 1.32 bits per heavy atom. The predicted molar refractivity (Wildman–Crippen MR) is 96.6 cm³/mol. The molecule has 1 aliphatic rings. The molecule has 0 radical (unpaired) electrons. The van der Waals surface area contributed by atoms with E-state index in [9.17, 15) is 9.90 Å². The van der Waals surface area contributed by atoms with Crippen LogP contribution in [0.25, 0.3) is 0 Å². The smallest absolute Gasteiger partial charge is 0.174 e. The number of benzene rings is 2. The number of allylic oxidation sites excluding steroid dienone is 2. The van der Waals surface area contributed by atoms with Gasteiger partial charge in [-0.3, -0.25) is 4.79 Å². The second-order valence-corrected chi connectivity index (χ2v) is 6.41. The molecule has 1 heterocycles. The number of methoxy groups -OCH3 is 1. The lowest BCUT2D eigenvalue weighted by Gasteiger charge is -2.27. The van der Waals surface area contributed by atoms with Crippen molar-refractivity contribution in [2.75, 3.05) is 7.11 Å². The molecule has 25 heavy (non-hydrogen) atoms. The van der Waals surface area contributed by atoms with Crippen molar-refractivity contribution in [1.29, 1.82) is 0 Å². The van der Waals surface area contributed by atoms with Gasteiger partial charge in [0.05, 0.1) is 13.5 Å². The van der Waals surface area contributed by atoms with Gasteiger partial charge in [0, 0.05) is 11.6 Å². The number of fused-ring (bicyclic) bond motifs is 1. The van der Waals surface area contributed by atoms with Crippen molar-refractivity contribution in [2.45, 2.75) is 32.8 Å². The molecule has 4 nitrogen and oxygen atoms in total. The summed E-state index contributed by atoms with van der Waals surface area (Å²) in [7, 11) is 1.55. The molecule has 1 N–H and O–H groups in total. The summed E-state index contributed by atoms with van der Waals surface area (Å²) in [5, 5.41) is 10.7. The van der Waals surface area contributed by atoms with Crippen LogP contribution in [0.15, 0.2) is 48.0 Å². The third-order valence-electron chi connectivity index (χ3n) is 4.35. The molecule has 1 atom stereocenters. The summed E-state index contributed by atoms with van der Waals surface area (Å²) in [5.41, 5.74) is 2.93. The van der Waals surface area contributed by atoms with E-state index in [1.54, 1.807) is 13.2 Å². The van der Waals surface area contributed by atoms with Crippen molar-refractivity contribution in [3.05, 3.63) is 64.7 Å². The monoisotopic (exact) mass is 338 g/mol. The normalized spacial score (nSPS) is 16.0. The standard InChI is InChI=1S/C21H22O4/c1-13(2)9-10-15-18(24-3)12-19-20(21(15)23)16(22)11-17(25-19)14-7-5-4-6-8-14/h4-9,12,17,23H,10-11H2,1-3H3/t17-/m0/s1. The van der Waals surface area contributed by atoms with Crippen LogP contribution in [0, 0.1) is 0 Å². The maximum absolute atomic E-state index is 12.7. The number of phenols is 1. The van der Waals surface area contributed by atoms with E-state index in [4.69, 9.17) is 9.47 Å². The molecule has 0 bridgehead atoms. The molecular formula is C21H22O4. The molecule has 0 saturated carbocycles. The van der Waals surface area contributed by atoms with E-state index in [0.717, 1.165) is 11.1 Å². The molecule has 0 saturated heterocycles. The fourth-order valence-corrected chi connectivity index (χ4v) is 3.03. The highest BCUT2D eigenvalue weighted by Gasteiger charge is 2.32. The van der Waals surface area contributed by atoms with Gasteiger partial charge >= 0.3 is 0 Å². The molecule has 0 spiro atoms. The van der Waals surface area contributed by atoms with Crippen molar-refractivity contribution < 1.29 is 19.4 Å². The van der Waals surface area contributed by atoms with E-state index in [0.29, 0.717) is 23.5 Å². The maximum atomic E-state index is 12.7. The highest BCUT2D eigenvalue weighted by atomic mass is 16.5. The number of carbonyl (C=O) groups is 1. The number of ether oxygens (including phenoxy) is 2. The van der Waals surface area contributed by atoms with Gasteiger partial charge in [0.1, 0.15) is 28.9 Å². The van der Waals surface area contributed by atoms with Gasteiger partial charge < -0.3 is 14.6 Å². The zero-order valence-electron chi connectivity index (χ0n) is 14.7. The summed E-state index contributed by atoms with van der Waals surface area (Å²) in [4.78, 5) is 12.7. The van der Waals surface area contributed by atoms with Crippen molar-refractivity contribution in [2.24, 2.45) is 0 Å². The van der Waals surface area contributed by atoms with Crippen LogP contribution < -0.4 is 9.47 Å². The van der Waals surface area contributed by atoms with Crippen molar-refractivity contribution in [3.8, 4) is 17.2 Å². The van der Waals surface area contributed by atoms with Gasteiger partial charge in [-0.1, -0.05) is 42.0 Å². The zero-order valence-corrected chi connectivity index (χ0v) is 14.7. The van der Waals surface area contributed by atoms with E-state index in [1.807, 2.05) is 50.3 Å². The minimum absolute atomic E-state index is 0.0386. The summed E-state index contributed by atoms with van der Waals surface area (Å²) >= 11 is 0. The summed E-state index contributed by atoms with van der Waals surface area (Å²) in [6.45, 7) is 3.97. The largest absolute Gasteiger partial charge is 0.507 e. The quantitative estimate of drug-likeness (QED) is 0.827. The van der Waals surface area contributed by atoms with Crippen LogP contribution in [0.1, 0.15) is 47.9 Å². The maximum Gasteiger partial charge on any atom is 0.174 e. The van der Waals surface area contributed by atoms with Crippen LogP contribution in [0.4, 0.5) is 0 Å². The SMILES string of the molecule is COc1cc2c(c(O)c1CC=C(C)C)C(=O)C[C@@H](c1ccccc1)O2. The molecule has 0 fully saturated rings. The summed E-state index contributed by atoms with van der Waals surface area (Å²) in [6, 6.07) is 11.3. The molecule has 0 aromatic heterocycles. The van der Waals surface area contributed by atoms with Gasteiger partial charge in [0.25, 0.3) is 0 Å². The lowest BCUT2D eigenvalue weighted by molar-refractivity contribution is 0.0844. The molecule has 2 aromatic carbocycles. The number of ketones is 1. The van der Waals surface area contributed by atoms with Gasteiger partial charge in [0.2, 0.25) is 0 Å². The van der Waals surface area contributed by atoms with Gasteiger partial charge in [0.15, 0.2) is 5.78 Å². The number of Topliss-reactive ketones (excluding diaryl/α,β-unsaturated/α-hetero) is 1. The molecule has 0 aliphatic carbocycles. The van der Waals surface area contributed by atoms with Crippen LogP contribution in [0.3, 0.4) is 0 Å². The van der Waals surface area contributed by atoms with Gasteiger partial charge in [-0.25, -0.2) is 0 Å². The van der Waals surface area contributed by atoms with E-state index in [1.165, 1.54) is 0 Å². The van der Waals surface area contributed by atoms with Crippen LogP contribution in [-0.4, -0.2) is 18.0 Å². The topological polar surface area (TPSA) is 55.8 Å². The van der Waals surface area contributed by atoms with Crippen LogP contribution in [-0.2, 0) is 6.42 Å². The molecule has 1 aliphatic heterocycles. The lowest BCUT2D eigenvalue weighted by atomic mass is 9.93. The van der Waals surface area contributed by atoms with Crippen LogP contribution >= 0.6 is 0 Å². The minimum Gasteiger partial charge on any atom is -0.507 e. The lowest BCUT2D eigenvalue weighted by Crippen LogP contribution is -2.21. The summed E-state index contributed by atoms with van der Waals surface area (Å²) < 4.78 is 11.4. The molecule has 2 aromatic rings. The Morgan fingerprint density at radius 2 is 2.04 bits per heavy atom. The van der Waals surface area contributed by atoms with Crippen LogP contribution in [0.2, 0.25) is 0 Å². The molecule has 0 amide bonds. The summed E-state index contributed by atoms with van der Waals surface area (Å²) in [5.74, 6) is 0.743. The first-order valence-electron chi connectivity index (χ1n) is 8.32. The number of carbonyl (C=O) groups excluding carboxylic acids is 1. The third kappa shape index (κ3) is 3.38. The Morgan fingerprint density at radius 3 is 2.68 bits per heavy atom.